The molecule has 0 aliphatic carbocycles. The van der Waals surface area contributed by atoms with Crippen LogP contribution < -0.4 is 10.2 Å². The van der Waals surface area contributed by atoms with E-state index in [0.29, 0.717) is 0 Å². The van der Waals surface area contributed by atoms with Crippen LogP contribution in [-0.2, 0) is 9.59 Å². The van der Waals surface area contributed by atoms with Crippen LogP contribution in [-0.4, -0.2) is 11.9 Å². The van der Waals surface area contributed by atoms with E-state index in [1.54, 1.807) is 0 Å². The molecule has 0 aromatic heterocycles. The summed E-state index contributed by atoms with van der Waals surface area (Å²) in [4.78, 5) is 18.6. The Bertz CT molecular complexity index is 535. The fourth-order valence-electron chi connectivity index (χ4n) is 1.44. The van der Waals surface area contributed by atoms with E-state index >= 15 is 0 Å². The average molecular weight is 282 g/mol. The molecule has 0 bridgehead atoms. The van der Waals surface area contributed by atoms with Crippen molar-refractivity contribution in [3.05, 3.63) is 71.8 Å². The summed E-state index contributed by atoms with van der Waals surface area (Å²) >= 11 is 0. The van der Waals surface area contributed by atoms with Crippen molar-refractivity contribution in [2.75, 3.05) is 0 Å². The Morgan fingerprint density at radius 2 is 1.05 bits per heavy atom. The van der Waals surface area contributed by atoms with Crippen LogP contribution in [0.1, 0.15) is 17.5 Å². The fraction of sp³-hybridized carbons (Fsp3) is 0.0588. The standard InChI is InChI=1S/C14H12.C3H4O4/c1-3-7-13(8-4-1)11-12-14-9-5-2-6-10-14;4-2(5)1-3(6)7/h1-12H;1H2,(H,4,5)(H,6,7)/p-2/b12-11+;. The molecule has 0 saturated carbocycles. The molecular weight excluding hydrogens is 268 g/mol. The molecule has 0 N–H and O–H groups in total. The van der Waals surface area contributed by atoms with Gasteiger partial charge in [0.2, 0.25) is 0 Å². The van der Waals surface area contributed by atoms with Crippen LogP contribution in [0.3, 0.4) is 0 Å². The van der Waals surface area contributed by atoms with Gasteiger partial charge in [0.1, 0.15) is 0 Å². The zero-order valence-corrected chi connectivity index (χ0v) is 11.3. The molecule has 0 unspecified atom stereocenters. The summed E-state index contributed by atoms with van der Waals surface area (Å²) in [7, 11) is 0. The Kier molecular flexibility index (Phi) is 7.00. The van der Waals surface area contributed by atoms with Gasteiger partial charge < -0.3 is 19.8 Å². The second kappa shape index (κ2) is 9.09. The molecule has 0 aliphatic heterocycles. The lowest BCUT2D eigenvalue weighted by Gasteiger charge is -1.99. The van der Waals surface area contributed by atoms with E-state index in [2.05, 4.69) is 36.4 Å². The summed E-state index contributed by atoms with van der Waals surface area (Å²) in [5.41, 5.74) is 2.47. The highest BCUT2D eigenvalue weighted by atomic mass is 16.4. The first-order chi connectivity index (χ1) is 10.1. The van der Waals surface area contributed by atoms with E-state index in [9.17, 15) is 19.8 Å². The molecule has 0 saturated heterocycles. The highest BCUT2D eigenvalue weighted by Gasteiger charge is 1.84. The van der Waals surface area contributed by atoms with Crippen molar-refractivity contribution in [3.8, 4) is 0 Å². The van der Waals surface area contributed by atoms with Crippen LogP contribution in [0.5, 0.6) is 0 Å². The lowest BCUT2D eigenvalue weighted by molar-refractivity contribution is -0.322. The summed E-state index contributed by atoms with van der Waals surface area (Å²) in [6.45, 7) is 0. The molecule has 2 rings (SSSR count). The van der Waals surface area contributed by atoms with Crippen molar-refractivity contribution in [3.63, 3.8) is 0 Å². The monoisotopic (exact) mass is 282 g/mol. The Hall–Kier alpha value is -2.88. The van der Waals surface area contributed by atoms with Crippen molar-refractivity contribution in [1.82, 2.24) is 0 Å². The van der Waals surface area contributed by atoms with Crippen LogP contribution in [0.25, 0.3) is 12.2 Å². The van der Waals surface area contributed by atoms with Gasteiger partial charge >= 0.3 is 0 Å². The Balaban J connectivity index is 0.000000270. The molecule has 0 heterocycles. The minimum atomic E-state index is -1.63. The van der Waals surface area contributed by atoms with Crippen LogP contribution in [0.4, 0.5) is 0 Å². The largest absolute Gasteiger partial charge is 0.550 e. The lowest BCUT2D eigenvalue weighted by atomic mass is 10.1. The highest BCUT2D eigenvalue weighted by Crippen LogP contribution is 2.06. The van der Waals surface area contributed by atoms with Crippen LogP contribution in [0.2, 0.25) is 0 Å². The van der Waals surface area contributed by atoms with Crippen molar-refractivity contribution in [2.45, 2.75) is 6.42 Å². The molecule has 4 heteroatoms. The molecule has 4 nitrogen and oxygen atoms in total. The predicted octanol–water partition coefficient (Wildman–Crippen LogP) is 0.733. The summed E-state index contributed by atoms with van der Waals surface area (Å²) in [5.74, 6) is -3.25. The van der Waals surface area contributed by atoms with Crippen molar-refractivity contribution in [1.29, 1.82) is 0 Å². The number of carbonyl (C=O) groups excluding carboxylic acids is 2. The van der Waals surface area contributed by atoms with Gasteiger partial charge in [0.25, 0.3) is 0 Å². The van der Waals surface area contributed by atoms with E-state index in [-0.39, 0.29) is 0 Å². The first-order valence-corrected chi connectivity index (χ1v) is 6.26. The number of hydrogen-bond donors (Lipinski definition) is 0. The Labute approximate surface area is 123 Å². The molecule has 2 aromatic rings. The van der Waals surface area contributed by atoms with Gasteiger partial charge in [0.05, 0.1) is 0 Å². The van der Waals surface area contributed by atoms with Crippen molar-refractivity contribution >= 4 is 24.1 Å². The average Bonchev–Trinajstić information content (AvgIpc) is 2.46. The second-order valence-electron chi connectivity index (χ2n) is 4.08. The molecule has 0 radical (unpaired) electrons. The number of carboxylic acid groups (broad SMARTS) is 2. The van der Waals surface area contributed by atoms with Crippen LogP contribution in [0.15, 0.2) is 60.7 Å². The van der Waals surface area contributed by atoms with Gasteiger partial charge in [0.15, 0.2) is 0 Å². The molecule has 2 aromatic carbocycles. The quantitative estimate of drug-likeness (QED) is 0.611. The second-order valence-corrected chi connectivity index (χ2v) is 4.08. The SMILES string of the molecule is C(=C\c1ccccc1)/c1ccccc1.O=C([O-])CC(=O)[O-]. The van der Waals surface area contributed by atoms with E-state index in [4.69, 9.17) is 0 Å². The Morgan fingerprint density at radius 1 is 0.714 bits per heavy atom. The van der Waals surface area contributed by atoms with Gasteiger partial charge in [-0.1, -0.05) is 72.8 Å². The van der Waals surface area contributed by atoms with Gasteiger partial charge in [-0.2, -0.15) is 0 Å². The topological polar surface area (TPSA) is 80.3 Å². The third kappa shape index (κ3) is 8.00. The van der Waals surface area contributed by atoms with Gasteiger partial charge in [-0.3, -0.25) is 0 Å². The molecular formula is C17H14O4-2. The molecule has 0 atom stereocenters. The first kappa shape index (κ1) is 16.2. The number of rotatable bonds is 4. The van der Waals surface area contributed by atoms with E-state index in [1.807, 2.05) is 36.4 Å². The number of aliphatic carboxylic acids is 2. The minimum absolute atomic E-state index is 1.03. The van der Waals surface area contributed by atoms with Gasteiger partial charge in [-0.05, 0) is 11.1 Å². The summed E-state index contributed by atoms with van der Waals surface area (Å²) < 4.78 is 0. The first-order valence-electron chi connectivity index (χ1n) is 6.26. The van der Waals surface area contributed by atoms with Crippen LogP contribution in [0, 0.1) is 0 Å². The molecule has 21 heavy (non-hydrogen) atoms. The smallest absolute Gasteiger partial charge is 0.0470 e. The fourth-order valence-corrected chi connectivity index (χ4v) is 1.44. The summed E-state index contributed by atoms with van der Waals surface area (Å²) in [5, 5.41) is 18.6. The lowest BCUT2D eigenvalue weighted by Crippen LogP contribution is -2.32. The van der Waals surface area contributed by atoms with Gasteiger partial charge in [-0.25, -0.2) is 0 Å². The number of carbonyl (C=O) groups is 2. The van der Waals surface area contributed by atoms with E-state index in [0.717, 1.165) is 0 Å². The maximum atomic E-state index is 9.28. The van der Waals surface area contributed by atoms with Crippen LogP contribution >= 0.6 is 0 Å². The molecule has 0 spiro atoms. The van der Waals surface area contributed by atoms with E-state index in [1.165, 1.54) is 11.1 Å². The van der Waals surface area contributed by atoms with Crippen molar-refractivity contribution in [2.24, 2.45) is 0 Å². The zero-order chi connectivity index (χ0) is 15.5. The molecule has 0 aliphatic rings. The number of benzene rings is 2. The van der Waals surface area contributed by atoms with Gasteiger partial charge in [-0.15, -0.1) is 0 Å². The van der Waals surface area contributed by atoms with Crippen molar-refractivity contribution < 1.29 is 19.8 Å². The summed E-state index contributed by atoms with van der Waals surface area (Å²) in [6, 6.07) is 20.6. The van der Waals surface area contributed by atoms with E-state index < -0.39 is 18.4 Å². The molecule has 0 amide bonds. The maximum absolute atomic E-state index is 9.28. The minimum Gasteiger partial charge on any atom is -0.550 e. The molecule has 0 fully saturated rings. The number of carboxylic acids is 2. The number of hydrogen-bond acceptors (Lipinski definition) is 4. The third-order valence-corrected chi connectivity index (χ3v) is 2.36. The third-order valence-electron chi connectivity index (χ3n) is 2.36. The highest BCUT2D eigenvalue weighted by molar-refractivity contribution is 5.86. The predicted molar refractivity (Wildman–Crippen MR) is 76.4 cm³/mol. The maximum Gasteiger partial charge on any atom is 0.0470 e. The zero-order valence-electron chi connectivity index (χ0n) is 11.3. The molecule has 108 valence electrons. The van der Waals surface area contributed by atoms with Gasteiger partial charge in [0, 0.05) is 18.4 Å². The Morgan fingerprint density at radius 3 is 1.29 bits per heavy atom. The summed E-state index contributed by atoms with van der Waals surface area (Å²) in [6.07, 6.45) is 3.21. The normalized spacial score (nSPS) is 9.71.